The third-order valence-electron chi connectivity index (χ3n) is 2.64. The maximum absolute atomic E-state index is 12.7. The first-order chi connectivity index (χ1) is 8.77. The average Bonchev–Trinajstić information content (AvgIpc) is 2.26. The lowest BCUT2D eigenvalue weighted by molar-refractivity contribution is -0.137. The van der Waals surface area contributed by atoms with Gasteiger partial charge >= 0.3 is 6.18 Å². The summed E-state index contributed by atoms with van der Waals surface area (Å²) in [5.41, 5.74) is 6.22. The van der Waals surface area contributed by atoms with E-state index in [-0.39, 0.29) is 5.02 Å². The molecule has 0 spiro atoms. The molecule has 0 bridgehead atoms. The highest BCUT2D eigenvalue weighted by Crippen LogP contribution is 2.35. The average molecular weight is 287 g/mol. The van der Waals surface area contributed by atoms with Gasteiger partial charge in [-0.05, 0) is 42.8 Å². The maximum Gasteiger partial charge on any atom is 0.416 e. The second-order valence-electron chi connectivity index (χ2n) is 4.10. The van der Waals surface area contributed by atoms with Crippen LogP contribution in [0.15, 0.2) is 30.3 Å². The molecule has 2 N–H and O–H groups in total. The van der Waals surface area contributed by atoms with Crippen molar-refractivity contribution < 1.29 is 13.2 Å². The first-order valence-electron chi connectivity index (χ1n) is 5.38. The van der Waals surface area contributed by atoms with Gasteiger partial charge in [0.2, 0.25) is 0 Å². The van der Waals surface area contributed by atoms with E-state index in [1.165, 1.54) is 12.1 Å². The lowest BCUT2D eigenvalue weighted by Crippen LogP contribution is -2.05. The van der Waals surface area contributed by atoms with Crippen molar-refractivity contribution in [1.29, 1.82) is 0 Å². The molecule has 0 saturated heterocycles. The number of nitrogens with two attached hydrogens (primary N) is 1. The molecule has 0 aliphatic rings. The van der Waals surface area contributed by atoms with Gasteiger partial charge in [0.1, 0.15) is 5.82 Å². The standard InChI is InChI=1S/C13H10ClF3N2/c1-7-11(2-3-12(18)19-7)8-4-9(13(15,16)17)6-10(14)5-8/h2-6H,1H3,(H2,18,19). The molecule has 1 aromatic heterocycles. The molecule has 1 heterocycles. The van der Waals surface area contributed by atoms with E-state index in [9.17, 15) is 13.2 Å². The molecule has 0 amide bonds. The largest absolute Gasteiger partial charge is 0.416 e. The molecule has 0 saturated carbocycles. The Kier molecular flexibility index (Phi) is 3.41. The zero-order valence-corrected chi connectivity index (χ0v) is 10.7. The van der Waals surface area contributed by atoms with Gasteiger partial charge in [-0.3, -0.25) is 0 Å². The van der Waals surface area contributed by atoms with Gasteiger partial charge in [-0.2, -0.15) is 13.2 Å². The Morgan fingerprint density at radius 1 is 1.16 bits per heavy atom. The highest BCUT2D eigenvalue weighted by atomic mass is 35.5. The molecule has 2 aromatic rings. The minimum atomic E-state index is -4.44. The van der Waals surface area contributed by atoms with E-state index in [1.54, 1.807) is 13.0 Å². The smallest absolute Gasteiger partial charge is 0.384 e. The summed E-state index contributed by atoms with van der Waals surface area (Å²) in [6.45, 7) is 1.68. The van der Waals surface area contributed by atoms with Crippen molar-refractivity contribution >= 4 is 17.4 Å². The molecule has 0 fully saturated rings. The van der Waals surface area contributed by atoms with Crippen LogP contribution in [-0.2, 0) is 6.18 Å². The van der Waals surface area contributed by atoms with Crippen molar-refractivity contribution in [2.45, 2.75) is 13.1 Å². The van der Waals surface area contributed by atoms with E-state index in [2.05, 4.69) is 4.98 Å². The molecule has 0 atom stereocenters. The minimum Gasteiger partial charge on any atom is -0.384 e. The topological polar surface area (TPSA) is 38.9 Å². The highest BCUT2D eigenvalue weighted by molar-refractivity contribution is 6.31. The normalized spacial score (nSPS) is 11.6. The maximum atomic E-state index is 12.7. The number of halogens is 4. The zero-order valence-electron chi connectivity index (χ0n) is 9.92. The van der Waals surface area contributed by atoms with Crippen molar-refractivity contribution in [2.75, 3.05) is 5.73 Å². The van der Waals surface area contributed by atoms with E-state index in [4.69, 9.17) is 17.3 Å². The van der Waals surface area contributed by atoms with Crippen LogP contribution < -0.4 is 5.73 Å². The third kappa shape index (κ3) is 2.98. The van der Waals surface area contributed by atoms with Crippen LogP contribution >= 0.6 is 11.6 Å². The molecule has 0 radical (unpaired) electrons. The van der Waals surface area contributed by atoms with Crippen LogP contribution in [-0.4, -0.2) is 4.98 Å². The molecule has 0 unspecified atom stereocenters. The molecule has 0 aliphatic carbocycles. The summed E-state index contributed by atoms with van der Waals surface area (Å²) in [6, 6.07) is 6.58. The summed E-state index contributed by atoms with van der Waals surface area (Å²) >= 11 is 5.74. The molecular formula is C13H10ClF3N2. The first-order valence-corrected chi connectivity index (χ1v) is 5.76. The van der Waals surface area contributed by atoms with E-state index in [1.807, 2.05) is 0 Å². The van der Waals surface area contributed by atoms with Gasteiger partial charge in [0.05, 0.1) is 5.56 Å². The van der Waals surface area contributed by atoms with Crippen LogP contribution in [0, 0.1) is 6.92 Å². The molecule has 0 aliphatic heterocycles. The van der Waals surface area contributed by atoms with Crippen LogP contribution in [0.3, 0.4) is 0 Å². The molecule has 6 heteroatoms. The van der Waals surface area contributed by atoms with E-state index in [0.717, 1.165) is 12.1 Å². The van der Waals surface area contributed by atoms with Gasteiger partial charge in [0.25, 0.3) is 0 Å². The predicted molar refractivity (Wildman–Crippen MR) is 68.8 cm³/mol. The van der Waals surface area contributed by atoms with Crippen molar-refractivity contribution in [3.05, 3.63) is 46.6 Å². The summed E-state index contributed by atoms with van der Waals surface area (Å²) in [6.07, 6.45) is -4.44. The Morgan fingerprint density at radius 3 is 2.42 bits per heavy atom. The van der Waals surface area contributed by atoms with E-state index in [0.29, 0.717) is 22.6 Å². The molecular weight excluding hydrogens is 277 g/mol. The quantitative estimate of drug-likeness (QED) is 0.848. The van der Waals surface area contributed by atoms with Crippen LogP contribution in [0.1, 0.15) is 11.3 Å². The lowest BCUT2D eigenvalue weighted by atomic mass is 10.0. The second-order valence-corrected chi connectivity index (χ2v) is 4.53. The van der Waals surface area contributed by atoms with Crippen LogP contribution in [0.25, 0.3) is 11.1 Å². The number of benzene rings is 1. The number of alkyl halides is 3. The van der Waals surface area contributed by atoms with Crippen LogP contribution in [0.5, 0.6) is 0 Å². The Balaban J connectivity index is 2.59. The number of nitrogens with zero attached hydrogens (tertiary/aromatic N) is 1. The van der Waals surface area contributed by atoms with Gasteiger partial charge in [-0.15, -0.1) is 0 Å². The summed E-state index contributed by atoms with van der Waals surface area (Å²) in [5, 5.41) is 0.0288. The SMILES string of the molecule is Cc1nc(N)ccc1-c1cc(Cl)cc(C(F)(F)F)c1. The van der Waals surface area contributed by atoms with Crippen molar-refractivity contribution in [1.82, 2.24) is 4.98 Å². The van der Waals surface area contributed by atoms with Gasteiger partial charge < -0.3 is 5.73 Å². The van der Waals surface area contributed by atoms with Gasteiger partial charge in [-0.25, -0.2) is 4.98 Å². The lowest BCUT2D eigenvalue weighted by Gasteiger charge is -2.11. The summed E-state index contributed by atoms with van der Waals surface area (Å²) < 4.78 is 38.2. The van der Waals surface area contributed by atoms with Gasteiger partial charge in [0.15, 0.2) is 0 Å². The second kappa shape index (κ2) is 4.74. The monoisotopic (exact) mass is 286 g/mol. The van der Waals surface area contributed by atoms with Crippen LogP contribution in [0.4, 0.5) is 19.0 Å². The molecule has 2 nitrogen and oxygen atoms in total. The van der Waals surface area contributed by atoms with Crippen molar-refractivity contribution in [2.24, 2.45) is 0 Å². The fraction of sp³-hybridized carbons (Fsp3) is 0.154. The van der Waals surface area contributed by atoms with E-state index < -0.39 is 11.7 Å². The number of hydrogen-bond acceptors (Lipinski definition) is 2. The Morgan fingerprint density at radius 2 is 1.84 bits per heavy atom. The number of pyridine rings is 1. The molecule has 2 rings (SSSR count). The Hall–Kier alpha value is -1.75. The van der Waals surface area contributed by atoms with Crippen LogP contribution in [0.2, 0.25) is 5.02 Å². The molecule has 19 heavy (non-hydrogen) atoms. The third-order valence-corrected chi connectivity index (χ3v) is 2.86. The predicted octanol–water partition coefficient (Wildman–Crippen LogP) is 4.31. The fourth-order valence-electron chi connectivity index (χ4n) is 1.79. The summed E-state index contributed by atoms with van der Waals surface area (Å²) in [4.78, 5) is 4.02. The van der Waals surface area contributed by atoms with Crippen molar-refractivity contribution in [3.63, 3.8) is 0 Å². The Bertz CT molecular complexity index is 624. The summed E-state index contributed by atoms with van der Waals surface area (Å²) in [5.74, 6) is 0.319. The highest BCUT2D eigenvalue weighted by Gasteiger charge is 2.31. The number of aryl methyl sites for hydroxylation is 1. The number of nitrogen functional groups attached to an aromatic ring is 1. The fourth-order valence-corrected chi connectivity index (χ4v) is 2.03. The number of aromatic nitrogens is 1. The molecule has 1 aromatic carbocycles. The van der Waals surface area contributed by atoms with E-state index >= 15 is 0 Å². The van der Waals surface area contributed by atoms with Gasteiger partial charge in [0, 0.05) is 16.3 Å². The number of anilines is 1. The summed E-state index contributed by atoms with van der Waals surface area (Å²) in [7, 11) is 0. The minimum absolute atomic E-state index is 0.0288. The van der Waals surface area contributed by atoms with Crippen molar-refractivity contribution in [3.8, 4) is 11.1 Å². The Labute approximate surface area is 113 Å². The van der Waals surface area contributed by atoms with Gasteiger partial charge in [-0.1, -0.05) is 11.6 Å². The molecule has 100 valence electrons. The first kappa shape index (κ1) is 13.7. The zero-order chi connectivity index (χ0) is 14.2. The number of hydrogen-bond donors (Lipinski definition) is 1. The number of rotatable bonds is 1.